The number of imidazole rings is 1. The maximum Gasteiger partial charge on any atom is 0.213 e. The first kappa shape index (κ1) is 15.4. The number of aryl methyl sites for hydroxylation is 2. The van der Waals surface area contributed by atoms with Gasteiger partial charge in [-0.2, -0.15) is 4.57 Å². The lowest BCUT2D eigenvalue weighted by molar-refractivity contribution is -0.633. The van der Waals surface area contributed by atoms with Crippen LogP contribution in [0.4, 0.5) is 0 Å². The summed E-state index contributed by atoms with van der Waals surface area (Å²) in [4.78, 5) is 4.87. The molecule has 0 saturated heterocycles. The summed E-state index contributed by atoms with van der Waals surface area (Å²) in [6, 6.07) is 19.5. The molecular weight excluding hydrogens is 402 g/mol. The van der Waals surface area contributed by atoms with Gasteiger partial charge in [0, 0.05) is 30.8 Å². The monoisotopic (exact) mass is 437 g/mol. The topological polar surface area (TPSA) is 21.7 Å². The fraction of sp³-hybridized carbons (Fsp3) is 0.267. The largest absolute Gasteiger partial charge is 0.296 e. The van der Waals surface area contributed by atoms with Crippen molar-refractivity contribution in [2.75, 3.05) is 0 Å². The highest BCUT2D eigenvalue weighted by molar-refractivity contribution is 5.85. The molecule has 0 fully saturated rings. The van der Waals surface area contributed by atoms with Crippen molar-refractivity contribution in [3.05, 3.63) is 88.7 Å². The maximum absolute atomic E-state index is 8.73. The number of fused-ring (bicyclic) bond motifs is 6. The molecule has 164 valence electrons. The van der Waals surface area contributed by atoms with Crippen LogP contribution in [0.5, 0.6) is 0 Å². The van der Waals surface area contributed by atoms with Gasteiger partial charge in [-0.05, 0) is 72.6 Å². The number of nitrogens with zero attached hydrogens (tertiary/aromatic N) is 3. The molecule has 1 aliphatic rings. The van der Waals surface area contributed by atoms with Crippen molar-refractivity contribution >= 4 is 21.9 Å². The van der Waals surface area contributed by atoms with E-state index in [0.717, 1.165) is 55.8 Å². The van der Waals surface area contributed by atoms with E-state index >= 15 is 0 Å². The quantitative estimate of drug-likeness (QED) is 0.294. The van der Waals surface area contributed by atoms with Gasteiger partial charge in [0.15, 0.2) is 0 Å². The second-order valence-corrected chi connectivity index (χ2v) is 9.27. The zero-order valence-corrected chi connectivity index (χ0v) is 19.4. The van der Waals surface area contributed by atoms with Crippen molar-refractivity contribution in [3.8, 4) is 16.9 Å². The van der Waals surface area contributed by atoms with Crippen LogP contribution in [-0.2, 0) is 19.8 Å². The van der Waals surface area contributed by atoms with E-state index in [4.69, 9.17) is 11.8 Å². The van der Waals surface area contributed by atoms with Crippen LogP contribution in [0.1, 0.15) is 48.8 Å². The molecule has 6 rings (SSSR count). The van der Waals surface area contributed by atoms with Gasteiger partial charge >= 0.3 is 0 Å². The van der Waals surface area contributed by atoms with Gasteiger partial charge in [-0.3, -0.25) is 4.57 Å². The Bertz CT molecular complexity index is 1760. The average Bonchev–Trinajstić information content (AvgIpc) is 3.39. The van der Waals surface area contributed by atoms with Crippen molar-refractivity contribution in [2.45, 2.75) is 40.4 Å². The Morgan fingerprint density at radius 2 is 1.97 bits per heavy atom. The SMILES string of the molecule is [2H]C([2H])([2H])c1cc2c(c(-c3ccc4c(C([2H])([2H])C(C)C)cccc4[n+]3C)c1C)Cc1nc3ccccc3n1-2. The molecule has 0 saturated carbocycles. The Morgan fingerprint density at radius 1 is 1.12 bits per heavy atom. The average molecular weight is 438 g/mol. The van der Waals surface area contributed by atoms with Gasteiger partial charge in [-0.1, -0.05) is 38.1 Å². The van der Waals surface area contributed by atoms with Gasteiger partial charge in [-0.15, -0.1) is 0 Å². The fourth-order valence-electron chi connectivity index (χ4n) is 5.28. The van der Waals surface area contributed by atoms with Crippen LogP contribution in [-0.4, -0.2) is 9.55 Å². The zero-order valence-electron chi connectivity index (χ0n) is 24.4. The van der Waals surface area contributed by atoms with Crippen molar-refractivity contribution in [3.63, 3.8) is 0 Å². The van der Waals surface area contributed by atoms with Gasteiger partial charge in [0.2, 0.25) is 11.2 Å². The molecule has 0 aliphatic carbocycles. The van der Waals surface area contributed by atoms with E-state index in [9.17, 15) is 0 Å². The third kappa shape index (κ3) is 2.95. The highest BCUT2D eigenvalue weighted by Gasteiger charge is 2.30. The summed E-state index contributed by atoms with van der Waals surface area (Å²) in [6.45, 7) is 3.41. The van der Waals surface area contributed by atoms with Gasteiger partial charge < -0.3 is 0 Å². The van der Waals surface area contributed by atoms with Gasteiger partial charge in [0.25, 0.3) is 0 Å². The highest BCUT2D eigenvalue weighted by atomic mass is 15.1. The summed E-state index contributed by atoms with van der Waals surface area (Å²) in [5, 5.41) is 0.859. The van der Waals surface area contributed by atoms with Crippen molar-refractivity contribution in [1.82, 2.24) is 9.55 Å². The lowest BCUT2D eigenvalue weighted by atomic mass is 9.91. The molecular formula is C30H30N3+. The van der Waals surface area contributed by atoms with Crippen molar-refractivity contribution < 1.29 is 11.4 Å². The predicted octanol–water partition coefficient (Wildman–Crippen LogP) is 6.39. The molecule has 0 spiro atoms. The van der Waals surface area contributed by atoms with E-state index in [-0.39, 0.29) is 5.92 Å². The molecule has 33 heavy (non-hydrogen) atoms. The molecule has 0 unspecified atom stereocenters. The molecule has 0 N–H and O–H groups in total. The molecule has 0 atom stereocenters. The summed E-state index contributed by atoms with van der Waals surface area (Å²) in [5.41, 5.74) is 8.24. The molecule has 1 aliphatic heterocycles. The van der Waals surface area contributed by atoms with Crippen LogP contribution >= 0.6 is 0 Å². The first-order chi connectivity index (χ1) is 17.9. The summed E-state index contributed by atoms with van der Waals surface area (Å²) >= 11 is 0. The van der Waals surface area contributed by atoms with Gasteiger partial charge in [0.05, 0.1) is 22.3 Å². The minimum absolute atomic E-state index is 0.184. The first-order valence-electron chi connectivity index (χ1n) is 14.0. The Balaban J connectivity index is 1.66. The molecule has 0 amide bonds. The molecule has 3 heteroatoms. The minimum Gasteiger partial charge on any atom is -0.296 e. The van der Waals surface area contributed by atoms with Gasteiger partial charge in [0.1, 0.15) is 12.9 Å². The van der Waals surface area contributed by atoms with E-state index in [1.54, 1.807) is 0 Å². The van der Waals surface area contributed by atoms with E-state index in [1.165, 1.54) is 0 Å². The summed E-state index contributed by atoms with van der Waals surface area (Å²) < 4.78 is 46.6. The number of para-hydroxylation sites is 2. The maximum atomic E-state index is 8.73. The molecule has 3 nitrogen and oxygen atoms in total. The molecule has 0 radical (unpaired) electrons. The van der Waals surface area contributed by atoms with E-state index in [1.807, 2.05) is 88.5 Å². The fourth-order valence-corrected chi connectivity index (χ4v) is 5.28. The lowest BCUT2D eigenvalue weighted by Crippen LogP contribution is -2.32. The standard InChI is InChI=1S/C30H30N3/c1-18(2)15-21-9-8-12-25-22(21)13-14-27(32(25)5)30-20(4)19(3)16-28-23(30)17-29-31-24-10-6-7-11-26(24)33(28)29/h6-14,16,18H,15,17H2,1-5H3/q+1/i3D3,15D2. The Morgan fingerprint density at radius 3 is 2.79 bits per heavy atom. The molecule has 2 aromatic heterocycles. The molecule has 3 aromatic carbocycles. The number of aromatic nitrogens is 3. The Labute approximate surface area is 202 Å². The second-order valence-electron chi connectivity index (χ2n) is 9.27. The Hall–Kier alpha value is -3.46. The molecule has 0 bridgehead atoms. The first-order valence-corrected chi connectivity index (χ1v) is 11.5. The number of rotatable bonds is 3. The molecule has 5 aromatic rings. The van der Waals surface area contributed by atoms with Crippen LogP contribution in [0.25, 0.3) is 38.9 Å². The molecule has 3 heterocycles. The van der Waals surface area contributed by atoms with Crippen LogP contribution < -0.4 is 4.57 Å². The lowest BCUT2D eigenvalue weighted by Gasteiger charge is -2.16. The Kier molecular flexibility index (Phi) is 3.39. The summed E-state index contributed by atoms with van der Waals surface area (Å²) in [5.74, 6) is 0.720. The van der Waals surface area contributed by atoms with E-state index in [2.05, 4.69) is 9.13 Å². The van der Waals surface area contributed by atoms with E-state index < -0.39 is 13.2 Å². The number of hydrogen-bond acceptors (Lipinski definition) is 1. The highest BCUT2D eigenvalue weighted by Crippen LogP contribution is 2.40. The number of benzene rings is 3. The smallest absolute Gasteiger partial charge is 0.213 e. The van der Waals surface area contributed by atoms with Gasteiger partial charge in [-0.25, -0.2) is 4.98 Å². The van der Waals surface area contributed by atoms with Crippen molar-refractivity contribution in [2.24, 2.45) is 13.0 Å². The van der Waals surface area contributed by atoms with Crippen LogP contribution in [0, 0.1) is 19.7 Å². The summed E-state index contributed by atoms with van der Waals surface area (Å²) in [6.07, 6.45) is -0.877. The third-order valence-electron chi connectivity index (χ3n) is 6.79. The second kappa shape index (κ2) is 7.28. The normalized spacial score (nSPS) is 15.7. The van der Waals surface area contributed by atoms with Crippen LogP contribution in [0.15, 0.2) is 60.7 Å². The van der Waals surface area contributed by atoms with E-state index in [0.29, 0.717) is 17.5 Å². The zero-order chi connectivity index (χ0) is 27.1. The number of pyridine rings is 1. The summed E-state index contributed by atoms with van der Waals surface area (Å²) in [7, 11) is 1.98. The predicted molar refractivity (Wildman–Crippen MR) is 136 cm³/mol. The number of hydrogen-bond donors (Lipinski definition) is 0. The van der Waals surface area contributed by atoms with Crippen LogP contribution in [0.3, 0.4) is 0 Å². The third-order valence-corrected chi connectivity index (χ3v) is 6.79. The minimum atomic E-state index is -2.27. The van der Waals surface area contributed by atoms with Crippen LogP contribution in [0.2, 0.25) is 0 Å². The van der Waals surface area contributed by atoms with Crippen molar-refractivity contribution in [1.29, 1.82) is 0 Å².